The van der Waals surface area contributed by atoms with Crippen molar-refractivity contribution < 1.29 is 9.47 Å². The Labute approximate surface area is 211 Å². The molecule has 0 saturated carbocycles. The second-order valence-corrected chi connectivity index (χ2v) is 9.26. The standard InChI is InChI=1S/C23H22Br3N3O3/c1-4-7-19-28-17-9-8-15(24)12-16(17)23(30)29(19)27-13-14-11-18(31-6-3)22(32-10-5-2)21(26)20(14)25/h5,8-9,11-13H,2,4,6-7,10H2,1,3H3. The van der Waals surface area contributed by atoms with Gasteiger partial charge in [-0.25, -0.2) is 4.98 Å². The molecule has 9 heteroatoms. The van der Waals surface area contributed by atoms with Gasteiger partial charge in [0.1, 0.15) is 12.4 Å². The van der Waals surface area contributed by atoms with Gasteiger partial charge in [-0.2, -0.15) is 9.78 Å². The van der Waals surface area contributed by atoms with Crippen LogP contribution in [-0.2, 0) is 6.42 Å². The first-order chi connectivity index (χ1) is 15.4. The average Bonchev–Trinajstić information content (AvgIpc) is 2.77. The maximum Gasteiger partial charge on any atom is 0.282 e. The lowest BCUT2D eigenvalue weighted by molar-refractivity contribution is 0.295. The van der Waals surface area contributed by atoms with Crippen molar-refractivity contribution in [3.05, 3.63) is 72.1 Å². The molecule has 0 N–H and O–H groups in total. The van der Waals surface area contributed by atoms with Gasteiger partial charge in [-0.05, 0) is 69.5 Å². The number of rotatable bonds is 9. The number of hydrogen-bond donors (Lipinski definition) is 0. The van der Waals surface area contributed by atoms with Crippen LogP contribution < -0.4 is 15.0 Å². The molecule has 3 aromatic rings. The molecule has 0 aliphatic heterocycles. The summed E-state index contributed by atoms with van der Waals surface area (Å²) in [4.78, 5) is 17.9. The molecular formula is C23H22Br3N3O3. The highest BCUT2D eigenvalue weighted by atomic mass is 79.9. The van der Waals surface area contributed by atoms with Crippen LogP contribution in [0.3, 0.4) is 0 Å². The van der Waals surface area contributed by atoms with Crippen LogP contribution in [0.15, 0.2) is 60.2 Å². The number of ether oxygens (including phenoxy) is 2. The van der Waals surface area contributed by atoms with Crippen molar-refractivity contribution in [2.75, 3.05) is 13.2 Å². The number of halogens is 3. The maximum absolute atomic E-state index is 13.2. The van der Waals surface area contributed by atoms with E-state index >= 15 is 0 Å². The topological polar surface area (TPSA) is 65.7 Å². The molecule has 1 heterocycles. The first kappa shape index (κ1) is 24.7. The molecule has 0 atom stereocenters. The SMILES string of the molecule is C=CCOc1c(OCC)cc(C=Nn2c(CCC)nc3ccc(Br)cc3c2=O)c(Br)c1Br. The van der Waals surface area contributed by atoms with Crippen molar-refractivity contribution >= 4 is 64.9 Å². The van der Waals surface area contributed by atoms with Crippen LogP contribution >= 0.6 is 47.8 Å². The van der Waals surface area contributed by atoms with Crippen LogP contribution in [0, 0.1) is 0 Å². The van der Waals surface area contributed by atoms with Gasteiger partial charge in [-0.1, -0.05) is 35.5 Å². The number of aromatic nitrogens is 2. The Kier molecular flexibility index (Phi) is 8.67. The zero-order chi connectivity index (χ0) is 23.3. The van der Waals surface area contributed by atoms with Gasteiger partial charge in [0.05, 0.1) is 28.2 Å². The Bertz CT molecular complexity index is 1240. The molecule has 32 heavy (non-hydrogen) atoms. The predicted molar refractivity (Wildman–Crippen MR) is 139 cm³/mol. The van der Waals surface area contributed by atoms with Gasteiger partial charge in [0, 0.05) is 20.9 Å². The Morgan fingerprint density at radius 1 is 1.16 bits per heavy atom. The fraction of sp³-hybridized carbons (Fsp3) is 0.261. The zero-order valence-corrected chi connectivity index (χ0v) is 22.5. The molecule has 2 aromatic carbocycles. The minimum absolute atomic E-state index is 0.220. The van der Waals surface area contributed by atoms with Crippen molar-refractivity contribution in [2.24, 2.45) is 5.10 Å². The summed E-state index contributed by atoms with van der Waals surface area (Å²) in [5.74, 6) is 1.74. The lowest BCUT2D eigenvalue weighted by atomic mass is 10.2. The maximum atomic E-state index is 13.2. The molecule has 0 saturated heterocycles. The van der Waals surface area contributed by atoms with E-state index in [-0.39, 0.29) is 5.56 Å². The van der Waals surface area contributed by atoms with E-state index in [1.165, 1.54) is 4.68 Å². The normalized spacial score (nSPS) is 11.3. The van der Waals surface area contributed by atoms with Crippen LogP contribution in [0.25, 0.3) is 10.9 Å². The Balaban J connectivity index is 2.14. The summed E-state index contributed by atoms with van der Waals surface area (Å²) in [7, 11) is 0. The van der Waals surface area contributed by atoms with Crippen molar-refractivity contribution in [1.82, 2.24) is 9.66 Å². The zero-order valence-electron chi connectivity index (χ0n) is 17.7. The molecule has 0 unspecified atom stereocenters. The van der Waals surface area contributed by atoms with Gasteiger partial charge in [0.2, 0.25) is 0 Å². The Hall–Kier alpha value is -1.97. The fourth-order valence-electron chi connectivity index (χ4n) is 3.06. The van der Waals surface area contributed by atoms with E-state index in [0.29, 0.717) is 52.3 Å². The van der Waals surface area contributed by atoms with E-state index in [1.807, 2.05) is 32.0 Å². The highest BCUT2D eigenvalue weighted by Gasteiger charge is 2.17. The van der Waals surface area contributed by atoms with Crippen LogP contribution in [0.1, 0.15) is 31.7 Å². The molecule has 1 aromatic heterocycles. The molecule has 0 aliphatic carbocycles. The van der Waals surface area contributed by atoms with Gasteiger partial charge in [0.25, 0.3) is 5.56 Å². The molecule has 0 spiro atoms. The first-order valence-electron chi connectivity index (χ1n) is 10.0. The summed E-state index contributed by atoms with van der Waals surface area (Å²) in [5, 5.41) is 5.01. The second kappa shape index (κ2) is 11.2. The van der Waals surface area contributed by atoms with Gasteiger partial charge >= 0.3 is 0 Å². The van der Waals surface area contributed by atoms with Crippen molar-refractivity contribution in [1.29, 1.82) is 0 Å². The monoisotopic (exact) mass is 625 g/mol. The van der Waals surface area contributed by atoms with Gasteiger partial charge < -0.3 is 9.47 Å². The molecule has 0 fully saturated rings. The lowest BCUT2D eigenvalue weighted by Crippen LogP contribution is -2.22. The van der Waals surface area contributed by atoms with E-state index in [0.717, 1.165) is 20.9 Å². The summed E-state index contributed by atoms with van der Waals surface area (Å²) in [5.41, 5.74) is 1.15. The number of benzene rings is 2. The first-order valence-corrected chi connectivity index (χ1v) is 12.4. The molecule has 0 bridgehead atoms. The number of fused-ring (bicyclic) bond motifs is 1. The largest absolute Gasteiger partial charge is 0.490 e. The molecule has 0 radical (unpaired) electrons. The quantitative estimate of drug-likeness (QED) is 0.201. The minimum atomic E-state index is -0.220. The average molecular weight is 628 g/mol. The number of nitrogens with zero attached hydrogens (tertiary/aromatic N) is 3. The predicted octanol–water partition coefficient (Wildman–Crippen LogP) is 6.48. The fourth-order valence-corrected chi connectivity index (χ4v) is 4.35. The van der Waals surface area contributed by atoms with E-state index in [9.17, 15) is 4.79 Å². The molecule has 0 amide bonds. The summed E-state index contributed by atoms with van der Waals surface area (Å²) in [6, 6.07) is 7.28. The highest BCUT2D eigenvalue weighted by Crippen LogP contribution is 2.42. The van der Waals surface area contributed by atoms with E-state index in [4.69, 9.17) is 9.47 Å². The molecule has 3 rings (SSSR count). The summed E-state index contributed by atoms with van der Waals surface area (Å²) < 4.78 is 15.1. The van der Waals surface area contributed by atoms with E-state index in [1.54, 1.807) is 18.4 Å². The van der Waals surface area contributed by atoms with Crippen molar-refractivity contribution in [3.8, 4) is 11.5 Å². The number of aryl methyl sites for hydroxylation is 1. The highest BCUT2D eigenvalue weighted by molar-refractivity contribution is 9.13. The summed E-state index contributed by atoms with van der Waals surface area (Å²) in [6.45, 7) is 8.44. The van der Waals surface area contributed by atoms with Crippen LogP contribution in [0.2, 0.25) is 0 Å². The van der Waals surface area contributed by atoms with Gasteiger partial charge in [-0.15, -0.1) is 0 Å². The van der Waals surface area contributed by atoms with Crippen LogP contribution in [0.4, 0.5) is 0 Å². The summed E-state index contributed by atoms with van der Waals surface area (Å²) in [6.07, 6.45) is 4.74. The summed E-state index contributed by atoms with van der Waals surface area (Å²) >= 11 is 10.6. The molecule has 168 valence electrons. The smallest absolute Gasteiger partial charge is 0.282 e. The van der Waals surface area contributed by atoms with Crippen LogP contribution in [-0.4, -0.2) is 29.1 Å². The third kappa shape index (κ3) is 5.32. The molecule has 0 aliphatic rings. The van der Waals surface area contributed by atoms with Gasteiger partial charge in [-0.3, -0.25) is 4.79 Å². The van der Waals surface area contributed by atoms with Crippen LogP contribution in [0.5, 0.6) is 11.5 Å². The Morgan fingerprint density at radius 3 is 2.62 bits per heavy atom. The minimum Gasteiger partial charge on any atom is -0.490 e. The molecular weight excluding hydrogens is 606 g/mol. The third-order valence-corrected chi connectivity index (χ3v) is 7.10. The van der Waals surface area contributed by atoms with E-state index < -0.39 is 0 Å². The second-order valence-electron chi connectivity index (χ2n) is 6.75. The van der Waals surface area contributed by atoms with Crippen molar-refractivity contribution in [2.45, 2.75) is 26.7 Å². The number of hydrogen-bond acceptors (Lipinski definition) is 5. The lowest BCUT2D eigenvalue weighted by Gasteiger charge is -2.15. The Morgan fingerprint density at radius 2 is 1.94 bits per heavy atom. The van der Waals surface area contributed by atoms with E-state index in [2.05, 4.69) is 64.5 Å². The van der Waals surface area contributed by atoms with Crippen molar-refractivity contribution in [3.63, 3.8) is 0 Å². The third-order valence-electron chi connectivity index (χ3n) is 4.46. The van der Waals surface area contributed by atoms with Gasteiger partial charge in [0.15, 0.2) is 11.5 Å². The molecule has 6 nitrogen and oxygen atoms in total.